The quantitative estimate of drug-likeness (QED) is 0.659. The van der Waals surface area contributed by atoms with Gasteiger partial charge in [-0.25, -0.2) is 0 Å². The van der Waals surface area contributed by atoms with Crippen molar-refractivity contribution in [2.45, 2.75) is 33.6 Å². The zero-order valence-corrected chi connectivity index (χ0v) is 15.6. The Hall–Kier alpha value is -2.95. The van der Waals surface area contributed by atoms with Gasteiger partial charge in [-0.2, -0.15) is 10.1 Å². The first-order chi connectivity index (χ1) is 12.8. The summed E-state index contributed by atoms with van der Waals surface area (Å²) < 4.78 is 0. The number of anilines is 4. The van der Waals surface area contributed by atoms with E-state index in [-0.39, 0.29) is 0 Å². The third kappa shape index (κ3) is 3.82. The molecule has 1 aromatic heterocycles. The van der Waals surface area contributed by atoms with Crippen LogP contribution < -0.4 is 10.2 Å². The van der Waals surface area contributed by atoms with Crippen LogP contribution >= 0.6 is 0 Å². The smallest absolute Gasteiger partial charge is 0.251 e. The molecule has 134 valence electrons. The van der Waals surface area contributed by atoms with E-state index in [1.165, 1.54) is 11.1 Å². The molecule has 1 N–H and O–H groups in total. The Morgan fingerprint density at radius 3 is 2.19 bits per heavy atom. The molecule has 0 aliphatic rings. The van der Waals surface area contributed by atoms with Crippen molar-refractivity contribution in [1.82, 2.24) is 15.2 Å². The van der Waals surface area contributed by atoms with Gasteiger partial charge in [0, 0.05) is 17.9 Å². The molecular weight excluding hydrogens is 322 g/mol. The first-order valence-corrected chi connectivity index (χ1v) is 9.16. The highest BCUT2D eigenvalue weighted by Crippen LogP contribution is 2.27. The molecule has 0 saturated carbocycles. The monoisotopic (exact) mass is 347 g/mol. The molecule has 0 amide bonds. The standard InChI is InChI=1S/C21H25N5/c1-4-16-11-10-12-17(5-2)20(16)23-19-15-22-25-21(24-19)26(6-3)18-13-8-7-9-14-18/h7-15H,4-6H2,1-3H3,(H,23,24,25). The second-order valence-corrected chi connectivity index (χ2v) is 6.00. The lowest BCUT2D eigenvalue weighted by Gasteiger charge is -2.21. The molecule has 0 unspecified atom stereocenters. The van der Waals surface area contributed by atoms with Gasteiger partial charge < -0.3 is 10.2 Å². The van der Waals surface area contributed by atoms with Crippen LogP contribution in [0.3, 0.4) is 0 Å². The first kappa shape index (κ1) is 17.9. The van der Waals surface area contributed by atoms with E-state index in [9.17, 15) is 0 Å². The van der Waals surface area contributed by atoms with Crippen molar-refractivity contribution in [1.29, 1.82) is 0 Å². The molecule has 0 radical (unpaired) electrons. The fourth-order valence-corrected chi connectivity index (χ4v) is 3.05. The van der Waals surface area contributed by atoms with E-state index in [0.717, 1.165) is 30.8 Å². The first-order valence-electron chi connectivity index (χ1n) is 9.16. The number of hydrogen-bond donors (Lipinski definition) is 1. The largest absolute Gasteiger partial charge is 0.338 e. The molecule has 5 nitrogen and oxygen atoms in total. The van der Waals surface area contributed by atoms with Crippen LogP contribution in [0.25, 0.3) is 0 Å². The third-order valence-electron chi connectivity index (χ3n) is 4.43. The van der Waals surface area contributed by atoms with Crippen LogP contribution in [0, 0.1) is 0 Å². The number of aromatic nitrogens is 3. The lowest BCUT2D eigenvalue weighted by molar-refractivity contribution is 0.886. The number of nitrogens with zero attached hydrogens (tertiary/aromatic N) is 4. The van der Waals surface area contributed by atoms with E-state index in [0.29, 0.717) is 11.8 Å². The minimum atomic E-state index is 0.593. The molecule has 1 heterocycles. The molecule has 0 atom stereocenters. The molecular formula is C21H25N5. The lowest BCUT2D eigenvalue weighted by atomic mass is 10.0. The molecule has 2 aromatic carbocycles. The molecule has 0 saturated heterocycles. The van der Waals surface area contributed by atoms with Gasteiger partial charge >= 0.3 is 0 Å². The van der Waals surface area contributed by atoms with Gasteiger partial charge in [-0.1, -0.05) is 50.2 Å². The Balaban J connectivity index is 1.93. The zero-order valence-electron chi connectivity index (χ0n) is 15.6. The fraction of sp³-hybridized carbons (Fsp3) is 0.286. The molecule has 0 aliphatic carbocycles. The highest BCUT2D eigenvalue weighted by molar-refractivity contribution is 5.66. The van der Waals surface area contributed by atoms with Gasteiger partial charge in [0.1, 0.15) is 0 Å². The topological polar surface area (TPSA) is 53.9 Å². The van der Waals surface area contributed by atoms with Crippen LogP contribution in [-0.4, -0.2) is 21.7 Å². The van der Waals surface area contributed by atoms with Gasteiger partial charge in [0.25, 0.3) is 5.95 Å². The molecule has 3 aromatic rings. The Kier molecular flexibility index (Phi) is 5.79. The van der Waals surface area contributed by atoms with Crippen LogP contribution in [0.5, 0.6) is 0 Å². The number of aryl methyl sites for hydroxylation is 2. The molecule has 0 fully saturated rings. The summed E-state index contributed by atoms with van der Waals surface area (Å²) >= 11 is 0. The Morgan fingerprint density at radius 2 is 1.58 bits per heavy atom. The molecule has 0 spiro atoms. The second kappa shape index (κ2) is 8.43. The third-order valence-corrected chi connectivity index (χ3v) is 4.43. The van der Waals surface area contributed by atoms with Crippen molar-refractivity contribution in [3.63, 3.8) is 0 Å². The minimum Gasteiger partial charge on any atom is -0.338 e. The molecule has 5 heteroatoms. The van der Waals surface area contributed by atoms with Crippen molar-refractivity contribution in [3.05, 3.63) is 65.9 Å². The number of nitrogens with one attached hydrogen (secondary N) is 1. The molecule has 0 aliphatic heterocycles. The normalized spacial score (nSPS) is 10.6. The summed E-state index contributed by atoms with van der Waals surface area (Å²) in [7, 11) is 0. The van der Waals surface area contributed by atoms with Crippen molar-refractivity contribution in [3.8, 4) is 0 Å². The summed E-state index contributed by atoms with van der Waals surface area (Å²) in [6.45, 7) is 7.18. The summed E-state index contributed by atoms with van der Waals surface area (Å²) in [6.07, 6.45) is 3.60. The predicted octanol–water partition coefficient (Wildman–Crippen LogP) is 4.90. The van der Waals surface area contributed by atoms with E-state index in [2.05, 4.69) is 66.6 Å². The van der Waals surface area contributed by atoms with Crippen LogP contribution in [0.15, 0.2) is 54.7 Å². The lowest BCUT2D eigenvalue weighted by Crippen LogP contribution is -2.19. The van der Waals surface area contributed by atoms with Gasteiger partial charge in [-0.15, -0.1) is 5.10 Å². The van der Waals surface area contributed by atoms with Crippen molar-refractivity contribution in [2.24, 2.45) is 0 Å². The Bertz CT molecular complexity index is 826. The number of hydrogen-bond acceptors (Lipinski definition) is 5. The van der Waals surface area contributed by atoms with Crippen molar-refractivity contribution >= 4 is 23.1 Å². The van der Waals surface area contributed by atoms with Gasteiger partial charge in [-0.3, -0.25) is 0 Å². The molecule has 26 heavy (non-hydrogen) atoms. The van der Waals surface area contributed by atoms with Gasteiger partial charge in [0.05, 0.1) is 6.20 Å². The van der Waals surface area contributed by atoms with E-state index >= 15 is 0 Å². The zero-order chi connectivity index (χ0) is 18.4. The van der Waals surface area contributed by atoms with Gasteiger partial charge in [-0.05, 0) is 43.0 Å². The number of benzene rings is 2. The molecule has 0 bridgehead atoms. The summed E-state index contributed by atoms with van der Waals surface area (Å²) in [5, 5.41) is 11.9. The SMILES string of the molecule is CCc1cccc(CC)c1Nc1cnnc(N(CC)c2ccccc2)n1. The fourth-order valence-electron chi connectivity index (χ4n) is 3.05. The van der Waals surface area contributed by atoms with Crippen molar-refractivity contribution < 1.29 is 0 Å². The van der Waals surface area contributed by atoms with Crippen molar-refractivity contribution in [2.75, 3.05) is 16.8 Å². The van der Waals surface area contributed by atoms with E-state index in [4.69, 9.17) is 4.98 Å². The Labute approximate surface area is 155 Å². The van der Waals surface area contributed by atoms with E-state index in [1.54, 1.807) is 6.20 Å². The number of rotatable bonds is 7. The Morgan fingerprint density at radius 1 is 0.885 bits per heavy atom. The van der Waals surface area contributed by atoms with E-state index < -0.39 is 0 Å². The summed E-state index contributed by atoms with van der Waals surface area (Å²) in [5.41, 5.74) is 4.74. The summed E-state index contributed by atoms with van der Waals surface area (Å²) in [4.78, 5) is 6.75. The van der Waals surface area contributed by atoms with E-state index in [1.807, 2.05) is 23.1 Å². The maximum Gasteiger partial charge on any atom is 0.251 e. The van der Waals surface area contributed by atoms with Crippen LogP contribution in [0.4, 0.5) is 23.1 Å². The maximum atomic E-state index is 4.71. The van der Waals surface area contributed by atoms with Crippen LogP contribution in [0.1, 0.15) is 31.9 Å². The predicted molar refractivity (Wildman–Crippen MR) is 107 cm³/mol. The van der Waals surface area contributed by atoms with Crippen LogP contribution in [0.2, 0.25) is 0 Å². The van der Waals surface area contributed by atoms with Gasteiger partial charge in [0.15, 0.2) is 5.82 Å². The highest BCUT2D eigenvalue weighted by Gasteiger charge is 2.13. The summed E-state index contributed by atoms with van der Waals surface area (Å²) in [5.74, 6) is 1.30. The average molecular weight is 347 g/mol. The highest BCUT2D eigenvalue weighted by atomic mass is 15.3. The van der Waals surface area contributed by atoms with Crippen LogP contribution in [-0.2, 0) is 12.8 Å². The number of para-hydroxylation sites is 2. The second-order valence-electron chi connectivity index (χ2n) is 6.00. The molecule has 3 rings (SSSR count). The summed E-state index contributed by atoms with van der Waals surface area (Å²) in [6, 6.07) is 16.5. The average Bonchev–Trinajstić information content (AvgIpc) is 2.70. The minimum absolute atomic E-state index is 0.593. The maximum absolute atomic E-state index is 4.71. The van der Waals surface area contributed by atoms with Gasteiger partial charge in [0.2, 0.25) is 0 Å².